The summed E-state index contributed by atoms with van der Waals surface area (Å²) in [5, 5.41) is 14.3. The van der Waals surface area contributed by atoms with E-state index in [4.69, 9.17) is 5.11 Å². The molecule has 2 aromatic heterocycles. The van der Waals surface area contributed by atoms with Crippen molar-refractivity contribution in [2.45, 2.75) is 12.8 Å². The van der Waals surface area contributed by atoms with Crippen molar-refractivity contribution in [2.75, 3.05) is 25.0 Å². The van der Waals surface area contributed by atoms with Crippen LogP contribution in [0.5, 0.6) is 0 Å². The molecule has 0 bridgehead atoms. The van der Waals surface area contributed by atoms with Gasteiger partial charge in [0.15, 0.2) is 11.5 Å². The zero-order valence-electron chi connectivity index (χ0n) is 12.5. The van der Waals surface area contributed by atoms with Crippen molar-refractivity contribution in [2.24, 2.45) is 5.92 Å². The number of likely N-dealkylation sites (tertiary alicyclic amines) is 1. The van der Waals surface area contributed by atoms with Crippen molar-refractivity contribution in [3.63, 3.8) is 0 Å². The molecule has 0 aliphatic carbocycles. The summed E-state index contributed by atoms with van der Waals surface area (Å²) >= 11 is 0. The van der Waals surface area contributed by atoms with Crippen molar-refractivity contribution in [3.8, 4) is 0 Å². The average Bonchev–Trinajstić information content (AvgIpc) is 3.01. The molecular formula is C14H18N6O3. The largest absolute Gasteiger partial charge is 0.465 e. The van der Waals surface area contributed by atoms with Gasteiger partial charge in [0.05, 0.1) is 6.20 Å². The number of carbonyl (C=O) groups is 2. The molecule has 3 rings (SSSR count). The first-order chi connectivity index (χ1) is 11.1. The van der Waals surface area contributed by atoms with E-state index in [1.807, 2.05) is 0 Å². The Bertz CT molecular complexity index is 707. The first-order valence-corrected chi connectivity index (χ1v) is 7.44. The van der Waals surface area contributed by atoms with Gasteiger partial charge >= 0.3 is 12.1 Å². The number of urea groups is 1. The second-order valence-electron chi connectivity index (χ2n) is 5.51. The van der Waals surface area contributed by atoms with Gasteiger partial charge in [0.25, 0.3) is 0 Å². The molecule has 1 aliphatic rings. The second-order valence-corrected chi connectivity index (χ2v) is 5.51. The quantitative estimate of drug-likeness (QED) is 0.682. The molecule has 23 heavy (non-hydrogen) atoms. The number of hydrogen-bond acceptors (Lipinski definition) is 4. The van der Waals surface area contributed by atoms with Crippen LogP contribution in [-0.2, 0) is 0 Å². The van der Waals surface area contributed by atoms with E-state index < -0.39 is 6.09 Å². The van der Waals surface area contributed by atoms with Crippen LogP contribution in [0.1, 0.15) is 12.8 Å². The number of hydrogen-bond donors (Lipinski definition) is 4. The van der Waals surface area contributed by atoms with Gasteiger partial charge in [0.1, 0.15) is 5.52 Å². The molecule has 0 spiro atoms. The van der Waals surface area contributed by atoms with E-state index in [-0.39, 0.29) is 11.9 Å². The van der Waals surface area contributed by atoms with Gasteiger partial charge in [-0.15, -0.1) is 0 Å². The number of H-pyrrole nitrogens is 1. The van der Waals surface area contributed by atoms with Crippen LogP contribution in [0.4, 0.5) is 15.4 Å². The summed E-state index contributed by atoms with van der Waals surface area (Å²) in [4.78, 5) is 35.5. The minimum atomic E-state index is -0.882. The highest BCUT2D eigenvalue weighted by molar-refractivity contribution is 5.89. The highest BCUT2D eigenvalue weighted by Crippen LogP contribution is 2.16. The summed E-state index contributed by atoms with van der Waals surface area (Å²) in [6.07, 6.45) is 3.85. The predicted molar refractivity (Wildman–Crippen MR) is 83.2 cm³/mol. The van der Waals surface area contributed by atoms with Crippen LogP contribution in [0, 0.1) is 5.92 Å². The van der Waals surface area contributed by atoms with Crippen LogP contribution >= 0.6 is 0 Å². The van der Waals surface area contributed by atoms with Crippen LogP contribution in [0.3, 0.4) is 0 Å². The predicted octanol–water partition coefficient (Wildman–Crippen LogP) is 1.47. The molecule has 1 aliphatic heterocycles. The smallest absolute Gasteiger partial charge is 0.407 e. The molecule has 1 saturated heterocycles. The number of carbonyl (C=O) groups excluding carboxylic acids is 1. The lowest BCUT2D eigenvalue weighted by atomic mass is 9.97. The molecule has 3 amide bonds. The van der Waals surface area contributed by atoms with E-state index in [0.717, 1.165) is 12.8 Å². The van der Waals surface area contributed by atoms with Gasteiger partial charge in [-0.1, -0.05) is 0 Å². The number of piperidine rings is 1. The molecule has 0 saturated carbocycles. The molecule has 4 N–H and O–H groups in total. The number of anilines is 1. The molecule has 9 nitrogen and oxygen atoms in total. The molecule has 3 heterocycles. The fraction of sp³-hybridized carbons (Fsp3) is 0.429. The molecule has 122 valence electrons. The van der Waals surface area contributed by atoms with Crippen LogP contribution in [0.2, 0.25) is 0 Å². The maximum Gasteiger partial charge on any atom is 0.407 e. The Hall–Kier alpha value is -2.84. The molecule has 0 aromatic carbocycles. The topological polar surface area (TPSA) is 123 Å². The summed E-state index contributed by atoms with van der Waals surface area (Å²) < 4.78 is 0. The van der Waals surface area contributed by atoms with E-state index in [1.54, 1.807) is 12.3 Å². The van der Waals surface area contributed by atoms with E-state index in [1.165, 1.54) is 11.1 Å². The highest BCUT2D eigenvalue weighted by atomic mass is 16.4. The molecule has 2 aromatic rings. The standard InChI is InChI=1S/C14H18N6O3/c21-13(17-7-9-2-5-20(6-3-9)14(22)23)19-11-8-16-12-10(18-11)1-4-15-12/h1,4,8-9H,2-3,5-7H2,(H,15,16)(H,22,23)(H2,17,18,19,21). The lowest BCUT2D eigenvalue weighted by Crippen LogP contribution is -2.41. The van der Waals surface area contributed by atoms with Crippen LogP contribution in [0.15, 0.2) is 18.5 Å². The van der Waals surface area contributed by atoms with E-state index >= 15 is 0 Å². The summed E-state index contributed by atoms with van der Waals surface area (Å²) in [6.45, 7) is 1.54. The number of nitrogens with one attached hydrogen (secondary N) is 3. The number of rotatable bonds is 3. The Kier molecular flexibility index (Phi) is 4.26. The third-order valence-electron chi connectivity index (χ3n) is 3.94. The van der Waals surface area contributed by atoms with Crippen molar-refractivity contribution < 1.29 is 14.7 Å². The van der Waals surface area contributed by atoms with Gasteiger partial charge in [-0.3, -0.25) is 5.32 Å². The summed E-state index contributed by atoms with van der Waals surface area (Å²) in [6, 6.07) is 1.44. The van der Waals surface area contributed by atoms with Crippen LogP contribution < -0.4 is 10.6 Å². The molecule has 0 atom stereocenters. The number of amides is 3. The Labute approximate surface area is 132 Å². The van der Waals surface area contributed by atoms with Gasteiger partial charge in [-0.05, 0) is 24.8 Å². The number of fused-ring (bicyclic) bond motifs is 1. The van der Waals surface area contributed by atoms with Crippen molar-refractivity contribution in [1.29, 1.82) is 0 Å². The van der Waals surface area contributed by atoms with E-state index in [9.17, 15) is 9.59 Å². The minimum absolute atomic E-state index is 0.287. The molecule has 0 radical (unpaired) electrons. The molecule has 0 unspecified atom stereocenters. The highest BCUT2D eigenvalue weighted by Gasteiger charge is 2.22. The van der Waals surface area contributed by atoms with Crippen LogP contribution in [-0.4, -0.2) is 56.7 Å². The lowest BCUT2D eigenvalue weighted by Gasteiger charge is -2.29. The number of aromatic amines is 1. The summed E-state index contributed by atoms with van der Waals surface area (Å²) in [7, 11) is 0. The molecular weight excluding hydrogens is 300 g/mol. The Morgan fingerprint density at radius 3 is 2.91 bits per heavy atom. The van der Waals surface area contributed by atoms with Crippen molar-refractivity contribution in [1.82, 2.24) is 25.2 Å². The zero-order chi connectivity index (χ0) is 16.2. The molecule has 1 fully saturated rings. The number of nitrogens with zero attached hydrogens (tertiary/aromatic N) is 3. The number of aromatic nitrogens is 3. The van der Waals surface area contributed by atoms with Gasteiger partial charge in [0.2, 0.25) is 0 Å². The fourth-order valence-corrected chi connectivity index (χ4v) is 2.62. The monoisotopic (exact) mass is 318 g/mol. The van der Waals surface area contributed by atoms with E-state index in [0.29, 0.717) is 36.6 Å². The van der Waals surface area contributed by atoms with Gasteiger partial charge in [-0.25, -0.2) is 19.6 Å². The Morgan fingerprint density at radius 1 is 1.39 bits per heavy atom. The molecule has 9 heteroatoms. The first-order valence-electron chi connectivity index (χ1n) is 7.44. The summed E-state index contributed by atoms with van der Waals surface area (Å²) in [5.74, 6) is 0.671. The SMILES string of the molecule is O=C(NCC1CCN(C(=O)O)CC1)Nc1cnc2[nH]ccc2n1. The normalized spacial score (nSPS) is 15.6. The van der Waals surface area contributed by atoms with Crippen LogP contribution in [0.25, 0.3) is 11.2 Å². The van der Waals surface area contributed by atoms with Crippen molar-refractivity contribution >= 4 is 29.1 Å². The third-order valence-corrected chi connectivity index (χ3v) is 3.94. The minimum Gasteiger partial charge on any atom is -0.465 e. The Balaban J connectivity index is 1.45. The lowest BCUT2D eigenvalue weighted by molar-refractivity contribution is 0.124. The summed E-state index contributed by atoms with van der Waals surface area (Å²) in [5.41, 5.74) is 1.35. The van der Waals surface area contributed by atoms with Gasteiger partial charge in [0, 0.05) is 25.8 Å². The van der Waals surface area contributed by atoms with E-state index in [2.05, 4.69) is 25.6 Å². The first kappa shape index (κ1) is 15.1. The second kappa shape index (κ2) is 6.51. The van der Waals surface area contributed by atoms with Crippen molar-refractivity contribution in [3.05, 3.63) is 18.5 Å². The third kappa shape index (κ3) is 3.68. The fourth-order valence-electron chi connectivity index (χ4n) is 2.62. The average molecular weight is 318 g/mol. The van der Waals surface area contributed by atoms with Gasteiger partial charge < -0.3 is 20.3 Å². The Morgan fingerprint density at radius 2 is 2.17 bits per heavy atom. The zero-order valence-corrected chi connectivity index (χ0v) is 12.5. The maximum absolute atomic E-state index is 11.9. The maximum atomic E-state index is 11.9. The van der Waals surface area contributed by atoms with Gasteiger partial charge in [-0.2, -0.15) is 0 Å². The number of carboxylic acid groups (broad SMARTS) is 1.